The molecule has 84 valence electrons. The summed E-state index contributed by atoms with van der Waals surface area (Å²) < 4.78 is 0. The van der Waals surface area contributed by atoms with Crippen LogP contribution in [0.3, 0.4) is 0 Å². The lowest BCUT2D eigenvalue weighted by Gasteiger charge is -2.16. The van der Waals surface area contributed by atoms with Crippen LogP contribution in [0.4, 0.5) is 0 Å². The number of aromatic nitrogens is 1. The lowest BCUT2D eigenvalue weighted by atomic mass is 10.1. The second-order valence-corrected chi connectivity index (χ2v) is 3.75. The summed E-state index contributed by atoms with van der Waals surface area (Å²) in [6.07, 6.45) is 3.85. The average molecular weight is 216 g/mol. The number of hydrogen-bond acceptors (Lipinski definition) is 2. The van der Waals surface area contributed by atoms with Crippen LogP contribution < -0.4 is 5.32 Å². The topological polar surface area (TPSA) is 48.0 Å². The van der Waals surface area contributed by atoms with Gasteiger partial charge in [-0.2, -0.15) is 0 Å². The standard InChI is InChI=1S/C13H16N2O/c16-10-13(12-4-2-1-3-5-12)15-9-11-6-7-14-8-11/h1-8,13-16H,9-10H2/t13-/m1/s1. The fourth-order valence-corrected chi connectivity index (χ4v) is 1.68. The first kappa shape index (κ1) is 10.9. The van der Waals surface area contributed by atoms with Crippen LogP contribution in [0.25, 0.3) is 0 Å². The van der Waals surface area contributed by atoms with Crippen LogP contribution in [-0.4, -0.2) is 16.7 Å². The summed E-state index contributed by atoms with van der Waals surface area (Å²) in [6, 6.07) is 12.0. The highest BCUT2D eigenvalue weighted by atomic mass is 16.3. The van der Waals surface area contributed by atoms with E-state index in [2.05, 4.69) is 10.3 Å². The molecule has 0 bridgehead atoms. The van der Waals surface area contributed by atoms with Crippen LogP contribution in [0.5, 0.6) is 0 Å². The normalized spacial score (nSPS) is 12.6. The van der Waals surface area contributed by atoms with Gasteiger partial charge in [0, 0.05) is 18.9 Å². The molecule has 0 amide bonds. The van der Waals surface area contributed by atoms with Crippen LogP contribution in [0, 0.1) is 0 Å². The van der Waals surface area contributed by atoms with Crippen molar-refractivity contribution in [1.82, 2.24) is 10.3 Å². The molecule has 3 N–H and O–H groups in total. The molecular formula is C13H16N2O. The molecule has 0 fully saturated rings. The Morgan fingerprint density at radius 3 is 2.62 bits per heavy atom. The number of benzene rings is 1. The Kier molecular flexibility index (Phi) is 3.75. The first-order valence-corrected chi connectivity index (χ1v) is 5.41. The minimum Gasteiger partial charge on any atom is -0.394 e. The van der Waals surface area contributed by atoms with E-state index in [1.54, 1.807) is 0 Å². The number of aliphatic hydroxyl groups is 1. The van der Waals surface area contributed by atoms with Crippen molar-refractivity contribution < 1.29 is 5.11 Å². The highest BCUT2D eigenvalue weighted by molar-refractivity contribution is 5.19. The SMILES string of the molecule is OC[C@@H](NCc1cc[nH]c1)c1ccccc1. The number of nitrogens with one attached hydrogen (secondary N) is 2. The monoisotopic (exact) mass is 216 g/mol. The summed E-state index contributed by atoms with van der Waals surface area (Å²) in [5, 5.41) is 12.7. The van der Waals surface area contributed by atoms with Gasteiger partial charge in [-0.05, 0) is 17.2 Å². The highest BCUT2D eigenvalue weighted by Crippen LogP contribution is 2.12. The Hall–Kier alpha value is -1.58. The van der Waals surface area contributed by atoms with Crippen molar-refractivity contribution in [2.24, 2.45) is 0 Å². The van der Waals surface area contributed by atoms with Gasteiger partial charge >= 0.3 is 0 Å². The van der Waals surface area contributed by atoms with Gasteiger partial charge in [0.1, 0.15) is 0 Å². The molecule has 0 aliphatic rings. The second kappa shape index (κ2) is 5.49. The van der Waals surface area contributed by atoms with Gasteiger partial charge in [0.15, 0.2) is 0 Å². The third kappa shape index (κ3) is 2.72. The maximum absolute atomic E-state index is 9.34. The van der Waals surface area contributed by atoms with Crippen LogP contribution in [0.2, 0.25) is 0 Å². The molecule has 3 nitrogen and oxygen atoms in total. The Labute approximate surface area is 95.1 Å². The third-order valence-electron chi connectivity index (χ3n) is 2.60. The van der Waals surface area contributed by atoms with Crippen molar-refractivity contribution in [2.75, 3.05) is 6.61 Å². The van der Waals surface area contributed by atoms with Crippen molar-refractivity contribution in [1.29, 1.82) is 0 Å². The minimum absolute atomic E-state index is 0.00361. The zero-order chi connectivity index (χ0) is 11.2. The molecule has 0 radical (unpaired) electrons. The van der Waals surface area contributed by atoms with Crippen molar-refractivity contribution in [2.45, 2.75) is 12.6 Å². The smallest absolute Gasteiger partial charge is 0.0626 e. The van der Waals surface area contributed by atoms with Gasteiger partial charge in [-0.3, -0.25) is 0 Å². The third-order valence-corrected chi connectivity index (χ3v) is 2.60. The largest absolute Gasteiger partial charge is 0.394 e. The molecule has 1 atom stereocenters. The van der Waals surface area contributed by atoms with Gasteiger partial charge in [-0.15, -0.1) is 0 Å². The molecule has 0 spiro atoms. The Bertz CT molecular complexity index is 397. The molecule has 0 saturated heterocycles. The van der Waals surface area contributed by atoms with Crippen LogP contribution >= 0.6 is 0 Å². The van der Waals surface area contributed by atoms with E-state index >= 15 is 0 Å². The van der Waals surface area contributed by atoms with E-state index in [-0.39, 0.29) is 12.6 Å². The van der Waals surface area contributed by atoms with Gasteiger partial charge in [0.2, 0.25) is 0 Å². The van der Waals surface area contributed by atoms with Gasteiger partial charge in [0.05, 0.1) is 12.6 Å². The number of aliphatic hydroxyl groups excluding tert-OH is 1. The molecule has 3 heteroatoms. The van der Waals surface area contributed by atoms with Gasteiger partial charge in [0.25, 0.3) is 0 Å². The summed E-state index contributed by atoms with van der Waals surface area (Å²) in [5.74, 6) is 0. The summed E-state index contributed by atoms with van der Waals surface area (Å²) in [4.78, 5) is 3.01. The molecule has 1 aromatic heterocycles. The lowest BCUT2D eigenvalue weighted by molar-refractivity contribution is 0.243. The molecular weight excluding hydrogens is 200 g/mol. The van der Waals surface area contributed by atoms with Gasteiger partial charge < -0.3 is 15.4 Å². The molecule has 0 aliphatic heterocycles. The summed E-state index contributed by atoms with van der Waals surface area (Å²) >= 11 is 0. The Morgan fingerprint density at radius 1 is 1.19 bits per heavy atom. The first-order chi connectivity index (χ1) is 7.90. The predicted molar refractivity (Wildman–Crippen MR) is 63.9 cm³/mol. The van der Waals surface area contributed by atoms with E-state index in [0.717, 1.165) is 12.1 Å². The zero-order valence-electron chi connectivity index (χ0n) is 9.06. The maximum atomic E-state index is 9.34. The quantitative estimate of drug-likeness (QED) is 0.714. The number of H-pyrrole nitrogens is 1. The van der Waals surface area contributed by atoms with Gasteiger partial charge in [-0.1, -0.05) is 30.3 Å². The van der Waals surface area contributed by atoms with Crippen LogP contribution in [0.15, 0.2) is 48.8 Å². The predicted octanol–water partition coefficient (Wildman–Crippen LogP) is 1.84. The average Bonchev–Trinajstić information content (AvgIpc) is 2.84. The molecule has 0 aliphatic carbocycles. The molecule has 1 aromatic carbocycles. The van der Waals surface area contributed by atoms with Crippen LogP contribution in [-0.2, 0) is 6.54 Å². The lowest BCUT2D eigenvalue weighted by Crippen LogP contribution is -2.23. The number of rotatable bonds is 5. The van der Waals surface area contributed by atoms with E-state index in [1.807, 2.05) is 48.8 Å². The van der Waals surface area contributed by atoms with E-state index in [9.17, 15) is 5.11 Å². The van der Waals surface area contributed by atoms with Crippen molar-refractivity contribution in [3.63, 3.8) is 0 Å². The van der Waals surface area contributed by atoms with E-state index in [0.29, 0.717) is 0 Å². The summed E-state index contributed by atoms with van der Waals surface area (Å²) in [6.45, 7) is 0.859. The molecule has 2 aromatic rings. The molecule has 16 heavy (non-hydrogen) atoms. The van der Waals surface area contributed by atoms with Gasteiger partial charge in [-0.25, -0.2) is 0 Å². The minimum atomic E-state index is -0.00361. The summed E-state index contributed by atoms with van der Waals surface area (Å²) in [5.41, 5.74) is 2.30. The van der Waals surface area contributed by atoms with Crippen molar-refractivity contribution in [3.05, 3.63) is 59.9 Å². The fraction of sp³-hybridized carbons (Fsp3) is 0.231. The van der Waals surface area contributed by atoms with E-state index in [1.165, 1.54) is 5.56 Å². The number of aromatic amines is 1. The molecule has 2 rings (SSSR count). The van der Waals surface area contributed by atoms with E-state index in [4.69, 9.17) is 0 Å². The molecule has 1 heterocycles. The van der Waals surface area contributed by atoms with Crippen molar-refractivity contribution in [3.8, 4) is 0 Å². The van der Waals surface area contributed by atoms with Crippen molar-refractivity contribution >= 4 is 0 Å². The van der Waals surface area contributed by atoms with Crippen LogP contribution in [0.1, 0.15) is 17.2 Å². The maximum Gasteiger partial charge on any atom is 0.0626 e. The highest BCUT2D eigenvalue weighted by Gasteiger charge is 2.08. The molecule has 0 saturated carbocycles. The second-order valence-electron chi connectivity index (χ2n) is 3.75. The molecule has 0 unspecified atom stereocenters. The fourth-order valence-electron chi connectivity index (χ4n) is 1.68. The van der Waals surface area contributed by atoms with E-state index < -0.39 is 0 Å². The zero-order valence-corrected chi connectivity index (χ0v) is 9.06. The summed E-state index contributed by atoms with van der Waals surface area (Å²) in [7, 11) is 0. The Balaban J connectivity index is 1.96. The Morgan fingerprint density at radius 2 is 2.00 bits per heavy atom. The first-order valence-electron chi connectivity index (χ1n) is 5.41. The number of hydrogen-bond donors (Lipinski definition) is 3.